The summed E-state index contributed by atoms with van der Waals surface area (Å²) in [5.41, 5.74) is 5.86. The Bertz CT molecular complexity index is 284. The summed E-state index contributed by atoms with van der Waals surface area (Å²) in [6.07, 6.45) is 5.65. The lowest BCUT2D eigenvalue weighted by atomic mass is 10.0. The molecule has 1 aliphatic rings. The first-order chi connectivity index (χ1) is 6.27. The Balaban J connectivity index is 2.12. The highest BCUT2D eigenvalue weighted by Gasteiger charge is 2.23. The SMILES string of the molecule is Cn1ccnc1[C@@H]1C[C@H](N)CCO1. The van der Waals surface area contributed by atoms with Gasteiger partial charge < -0.3 is 15.0 Å². The fourth-order valence-corrected chi connectivity index (χ4v) is 1.69. The van der Waals surface area contributed by atoms with E-state index in [0.717, 1.165) is 25.3 Å². The van der Waals surface area contributed by atoms with Crippen LogP contribution in [0.5, 0.6) is 0 Å². The summed E-state index contributed by atoms with van der Waals surface area (Å²) in [6, 6.07) is 0.260. The summed E-state index contributed by atoms with van der Waals surface area (Å²) in [6.45, 7) is 0.749. The van der Waals surface area contributed by atoms with E-state index in [-0.39, 0.29) is 12.1 Å². The van der Waals surface area contributed by atoms with Gasteiger partial charge in [-0.3, -0.25) is 0 Å². The Kier molecular flexibility index (Phi) is 2.33. The molecule has 1 aliphatic heterocycles. The number of aromatic nitrogens is 2. The standard InChI is InChI=1S/C9H15N3O/c1-12-4-3-11-9(12)8-6-7(10)2-5-13-8/h3-4,7-8H,2,5-6,10H2,1H3/t7-,8+/m1/s1. The Labute approximate surface area is 77.7 Å². The smallest absolute Gasteiger partial charge is 0.137 e. The van der Waals surface area contributed by atoms with Gasteiger partial charge in [0, 0.05) is 32.1 Å². The number of hydrogen-bond acceptors (Lipinski definition) is 3. The van der Waals surface area contributed by atoms with E-state index in [0.29, 0.717) is 0 Å². The molecule has 4 nitrogen and oxygen atoms in total. The van der Waals surface area contributed by atoms with Gasteiger partial charge in [-0.1, -0.05) is 0 Å². The average Bonchev–Trinajstić information content (AvgIpc) is 2.51. The molecular weight excluding hydrogens is 166 g/mol. The fraction of sp³-hybridized carbons (Fsp3) is 0.667. The molecule has 0 saturated carbocycles. The maximum Gasteiger partial charge on any atom is 0.137 e. The van der Waals surface area contributed by atoms with Crippen LogP contribution < -0.4 is 5.73 Å². The van der Waals surface area contributed by atoms with Gasteiger partial charge in [-0.05, 0) is 12.8 Å². The Hall–Kier alpha value is -0.870. The molecule has 0 spiro atoms. The van der Waals surface area contributed by atoms with Crippen LogP contribution in [0.25, 0.3) is 0 Å². The topological polar surface area (TPSA) is 53.1 Å². The third-order valence-electron chi connectivity index (χ3n) is 2.47. The summed E-state index contributed by atoms with van der Waals surface area (Å²) >= 11 is 0. The van der Waals surface area contributed by atoms with Crippen molar-refractivity contribution in [1.82, 2.24) is 9.55 Å². The van der Waals surface area contributed by atoms with Gasteiger partial charge in [-0.2, -0.15) is 0 Å². The number of aryl methyl sites for hydroxylation is 1. The van der Waals surface area contributed by atoms with Crippen molar-refractivity contribution in [1.29, 1.82) is 0 Å². The first-order valence-electron chi connectivity index (χ1n) is 4.62. The van der Waals surface area contributed by atoms with Gasteiger partial charge in [-0.15, -0.1) is 0 Å². The minimum Gasteiger partial charge on any atom is -0.370 e. The first kappa shape index (κ1) is 8.72. The highest BCUT2D eigenvalue weighted by molar-refractivity contribution is 4.98. The minimum atomic E-state index is 0.0868. The van der Waals surface area contributed by atoms with Crippen molar-refractivity contribution in [2.75, 3.05) is 6.61 Å². The van der Waals surface area contributed by atoms with Crippen molar-refractivity contribution in [2.24, 2.45) is 12.8 Å². The third kappa shape index (κ3) is 1.73. The van der Waals surface area contributed by atoms with E-state index in [1.807, 2.05) is 17.8 Å². The number of nitrogens with zero attached hydrogens (tertiary/aromatic N) is 2. The number of imidazole rings is 1. The van der Waals surface area contributed by atoms with E-state index in [9.17, 15) is 0 Å². The molecule has 1 fully saturated rings. The zero-order valence-corrected chi connectivity index (χ0v) is 7.81. The summed E-state index contributed by atoms with van der Waals surface area (Å²) < 4.78 is 7.60. The van der Waals surface area contributed by atoms with Crippen molar-refractivity contribution in [3.05, 3.63) is 18.2 Å². The van der Waals surface area contributed by atoms with Crippen LogP contribution in [0, 0.1) is 0 Å². The van der Waals surface area contributed by atoms with E-state index < -0.39 is 0 Å². The van der Waals surface area contributed by atoms with Crippen LogP contribution in [0.4, 0.5) is 0 Å². The third-order valence-corrected chi connectivity index (χ3v) is 2.47. The molecule has 0 amide bonds. The van der Waals surface area contributed by atoms with Gasteiger partial charge in [0.2, 0.25) is 0 Å². The zero-order valence-electron chi connectivity index (χ0n) is 7.81. The van der Waals surface area contributed by atoms with Crippen LogP contribution >= 0.6 is 0 Å². The van der Waals surface area contributed by atoms with Crippen molar-refractivity contribution >= 4 is 0 Å². The molecule has 13 heavy (non-hydrogen) atoms. The summed E-state index contributed by atoms with van der Waals surface area (Å²) in [5, 5.41) is 0. The molecular formula is C9H15N3O. The molecule has 0 aliphatic carbocycles. The lowest BCUT2D eigenvalue weighted by Gasteiger charge is -2.26. The number of nitrogens with two attached hydrogens (primary N) is 1. The molecule has 0 unspecified atom stereocenters. The number of hydrogen-bond donors (Lipinski definition) is 1. The van der Waals surface area contributed by atoms with Gasteiger partial charge in [0.05, 0.1) is 0 Å². The molecule has 2 heterocycles. The van der Waals surface area contributed by atoms with Gasteiger partial charge in [0.15, 0.2) is 0 Å². The predicted molar refractivity (Wildman–Crippen MR) is 49.1 cm³/mol. The minimum absolute atomic E-state index is 0.0868. The molecule has 0 radical (unpaired) electrons. The second kappa shape index (κ2) is 3.47. The maximum atomic E-state index is 5.86. The highest BCUT2D eigenvalue weighted by Crippen LogP contribution is 2.25. The van der Waals surface area contributed by atoms with Crippen LogP contribution in [0.15, 0.2) is 12.4 Å². The zero-order chi connectivity index (χ0) is 9.26. The van der Waals surface area contributed by atoms with Gasteiger partial charge in [0.25, 0.3) is 0 Å². The molecule has 1 aromatic rings. The Morgan fingerprint density at radius 3 is 3.15 bits per heavy atom. The Morgan fingerprint density at radius 2 is 2.54 bits per heavy atom. The van der Waals surface area contributed by atoms with E-state index in [1.165, 1.54) is 0 Å². The summed E-state index contributed by atoms with van der Waals surface area (Å²) in [7, 11) is 1.98. The van der Waals surface area contributed by atoms with Crippen molar-refractivity contribution in [2.45, 2.75) is 25.0 Å². The Morgan fingerprint density at radius 1 is 1.69 bits per heavy atom. The monoisotopic (exact) mass is 181 g/mol. The second-order valence-electron chi connectivity index (χ2n) is 3.54. The first-order valence-corrected chi connectivity index (χ1v) is 4.62. The van der Waals surface area contributed by atoms with Crippen LogP contribution in [0.1, 0.15) is 24.8 Å². The molecule has 2 N–H and O–H groups in total. The number of rotatable bonds is 1. The summed E-state index contributed by atoms with van der Waals surface area (Å²) in [4.78, 5) is 4.26. The van der Waals surface area contributed by atoms with Crippen LogP contribution in [-0.4, -0.2) is 22.2 Å². The largest absolute Gasteiger partial charge is 0.370 e. The normalized spacial score (nSPS) is 29.1. The number of ether oxygens (including phenoxy) is 1. The van der Waals surface area contributed by atoms with Gasteiger partial charge >= 0.3 is 0 Å². The van der Waals surface area contributed by atoms with Crippen molar-refractivity contribution in [3.8, 4) is 0 Å². The van der Waals surface area contributed by atoms with E-state index in [1.54, 1.807) is 6.20 Å². The predicted octanol–water partition coefficient (Wildman–Crippen LogP) is 0.599. The van der Waals surface area contributed by atoms with E-state index in [2.05, 4.69) is 4.98 Å². The lowest BCUT2D eigenvalue weighted by molar-refractivity contribution is -0.000116. The molecule has 4 heteroatoms. The van der Waals surface area contributed by atoms with Gasteiger partial charge in [-0.25, -0.2) is 4.98 Å². The lowest BCUT2D eigenvalue weighted by Crippen LogP contribution is -2.31. The molecule has 2 rings (SSSR count). The molecule has 0 bridgehead atoms. The van der Waals surface area contributed by atoms with Crippen molar-refractivity contribution in [3.63, 3.8) is 0 Å². The average molecular weight is 181 g/mol. The molecule has 1 aromatic heterocycles. The van der Waals surface area contributed by atoms with Crippen LogP contribution in [-0.2, 0) is 11.8 Å². The van der Waals surface area contributed by atoms with Crippen LogP contribution in [0.3, 0.4) is 0 Å². The van der Waals surface area contributed by atoms with Crippen molar-refractivity contribution < 1.29 is 4.74 Å². The van der Waals surface area contributed by atoms with E-state index >= 15 is 0 Å². The van der Waals surface area contributed by atoms with E-state index in [4.69, 9.17) is 10.5 Å². The molecule has 72 valence electrons. The summed E-state index contributed by atoms with van der Waals surface area (Å²) in [5.74, 6) is 0.982. The molecule has 2 atom stereocenters. The van der Waals surface area contributed by atoms with Gasteiger partial charge in [0.1, 0.15) is 11.9 Å². The second-order valence-corrected chi connectivity index (χ2v) is 3.54. The van der Waals surface area contributed by atoms with Crippen LogP contribution in [0.2, 0.25) is 0 Å². The highest BCUT2D eigenvalue weighted by atomic mass is 16.5. The fourth-order valence-electron chi connectivity index (χ4n) is 1.69. The quantitative estimate of drug-likeness (QED) is 0.690. The molecule has 1 saturated heterocycles. The maximum absolute atomic E-state index is 5.86. The molecule has 0 aromatic carbocycles.